The van der Waals surface area contributed by atoms with Crippen LogP contribution in [-0.2, 0) is 11.2 Å². The van der Waals surface area contributed by atoms with Crippen LogP contribution in [0, 0.1) is 0 Å². The number of hydrogen-bond donors (Lipinski definition) is 1. The van der Waals surface area contributed by atoms with E-state index in [0.29, 0.717) is 16.1 Å². The van der Waals surface area contributed by atoms with E-state index < -0.39 is 0 Å². The van der Waals surface area contributed by atoms with Crippen LogP contribution < -0.4 is 10.9 Å². The van der Waals surface area contributed by atoms with Crippen molar-refractivity contribution in [1.82, 2.24) is 9.55 Å². The summed E-state index contributed by atoms with van der Waals surface area (Å²) in [5.41, 5.74) is 3.16. The normalized spacial score (nSPS) is 11.1. The molecule has 0 radical (unpaired) electrons. The van der Waals surface area contributed by atoms with Gasteiger partial charge < -0.3 is 5.32 Å². The molecule has 0 aliphatic heterocycles. The highest BCUT2D eigenvalue weighted by Gasteiger charge is 2.15. The van der Waals surface area contributed by atoms with Gasteiger partial charge in [0.15, 0.2) is 5.16 Å². The van der Waals surface area contributed by atoms with Crippen LogP contribution in [0.4, 0.5) is 5.69 Å². The van der Waals surface area contributed by atoms with Gasteiger partial charge in [-0.15, -0.1) is 0 Å². The van der Waals surface area contributed by atoms with Gasteiger partial charge in [-0.3, -0.25) is 14.2 Å². The Bertz CT molecular complexity index is 1550. The first kappa shape index (κ1) is 21.9. The molecule has 5 aromatic rings. The molecule has 168 valence electrons. The van der Waals surface area contributed by atoms with Crippen molar-refractivity contribution >= 4 is 45.0 Å². The van der Waals surface area contributed by atoms with Gasteiger partial charge in [-0.1, -0.05) is 79.3 Å². The second kappa shape index (κ2) is 9.53. The van der Waals surface area contributed by atoms with Crippen LogP contribution in [0.1, 0.15) is 12.5 Å². The molecule has 1 amide bonds. The topological polar surface area (TPSA) is 64.0 Å². The lowest BCUT2D eigenvalue weighted by molar-refractivity contribution is -0.113. The highest BCUT2D eigenvalue weighted by Crippen LogP contribution is 2.25. The number of anilines is 1. The second-order valence-corrected chi connectivity index (χ2v) is 8.88. The van der Waals surface area contributed by atoms with E-state index in [0.717, 1.165) is 28.6 Å². The van der Waals surface area contributed by atoms with Crippen LogP contribution in [0.5, 0.6) is 0 Å². The number of carbonyl (C=O) groups excluding carboxylic acids is 1. The number of carbonyl (C=O) groups is 1. The molecule has 0 spiro atoms. The van der Waals surface area contributed by atoms with Gasteiger partial charge in [0.25, 0.3) is 5.56 Å². The van der Waals surface area contributed by atoms with E-state index in [1.54, 1.807) is 10.6 Å². The molecule has 1 aromatic heterocycles. The molecule has 0 aliphatic rings. The lowest BCUT2D eigenvalue weighted by Gasteiger charge is -2.14. The van der Waals surface area contributed by atoms with Crippen molar-refractivity contribution in [1.29, 1.82) is 0 Å². The molecule has 4 aromatic carbocycles. The Balaban J connectivity index is 1.46. The molecule has 34 heavy (non-hydrogen) atoms. The summed E-state index contributed by atoms with van der Waals surface area (Å²) < 4.78 is 1.59. The van der Waals surface area contributed by atoms with Crippen molar-refractivity contribution < 1.29 is 4.79 Å². The Morgan fingerprint density at radius 2 is 1.59 bits per heavy atom. The largest absolute Gasteiger partial charge is 0.325 e. The van der Waals surface area contributed by atoms with Crippen LogP contribution in [0.25, 0.3) is 27.4 Å². The maximum Gasteiger partial charge on any atom is 0.266 e. The minimum Gasteiger partial charge on any atom is -0.325 e. The lowest BCUT2D eigenvalue weighted by Crippen LogP contribution is -2.23. The number of hydrogen-bond acceptors (Lipinski definition) is 4. The van der Waals surface area contributed by atoms with E-state index in [1.807, 2.05) is 84.9 Å². The van der Waals surface area contributed by atoms with Gasteiger partial charge in [0, 0.05) is 11.1 Å². The zero-order valence-corrected chi connectivity index (χ0v) is 19.5. The number of nitrogens with one attached hydrogen (secondary N) is 1. The number of thioether (sulfide) groups is 1. The van der Waals surface area contributed by atoms with Crippen LogP contribution in [0.3, 0.4) is 0 Å². The molecule has 0 bridgehead atoms. The summed E-state index contributed by atoms with van der Waals surface area (Å²) in [6, 6.07) is 28.9. The van der Waals surface area contributed by atoms with E-state index in [2.05, 4.69) is 12.2 Å². The number of fused-ring (bicyclic) bond motifs is 2. The molecular weight excluding hydrogens is 442 g/mol. The molecule has 0 saturated heterocycles. The van der Waals surface area contributed by atoms with E-state index in [9.17, 15) is 9.59 Å². The molecule has 0 fully saturated rings. The molecular formula is C28H23N3O2S. The van der Waals surface area contributed by atoms with Crippen LogP contribution in [0.15, 0.2) is 101 Å². The van der Waals surface area contributed by atoms with E-state index in [-0.39, 0.29) is 17.2 Å². The third kappa shape index (κ3) is 4.32. The summed E-state index contributed by atoms with van der Waals surface area (Å²) in [6.07, 6.45) is 0.918. The summed E-state index contributed by atoms with van der Waals surface area (Å²) >= 11 is 1.25. The van der Waals surface area contributed by atoms with Crippen molar-refractivity contribution in [3.05, 3.63) is 107 Å². The maximum absolute atomic E-state index is 13.4. The van der Waals surface area contributed by atoms with Gasteiger partial charge in [-0.05, 0) is 47.7 Å². The van der Waals surface area contributed by atoms with Gasteiger partial charge in [0.05, 0.1) is 22.3 Å². The van der Waals surface area contributed by atoms with Gasteiger partial charge in [-0.25, -0.2) is 4.98 Å². The fourth-order valence-corrected chi connectivity index (χ4v) is 4.78. The number of benzene rings is 4. The third-order valence-corrected chi connectivity index (χ3v) is 6.68. The molecule has 5 rings (SSSR count). The summed E-state index contributed by atoms with van der Waals surface area (Å²) in [5.74, 6) is -0.0299. The average molecular weight is 466 g/mol. The minimum atomic E-state index is -0.156. The SMILES string of the molecule is CCc1ccc(-n2c(SCC(=O)Nc3cccc4ccccc34)nc3ccccc3c2=O)cc1. The molecule has 6 heteroatoms. The predicted molar refractivity (Wildman–Crippen MR) is 140 cm³/mol. The molecule has 0 atom stereocenters. The van der Waals surface area contributed by atoms with Gasteiger partial charge in [0.2, 0.25) is 5.91 Å². The number of aryl methyl sites for hydroxylation is 1. The molecule has 0 unspecified atom stereocenters. The summed E-state index contributed by atoms with van der Waals surface area (Å²) in [6.45, 7) is 2.09. The van der Waals surface area contributed by atoms with Crippen molar-refractivity contribution in [3.8, 4) is 5.69 Å². The third-order valence-electron chi connectivity index (χ3n) is 5.74. The summed E-state index contributed by atoms with van der Waals surface area (Å²) in [5, 5.41) is 6.09. The minimum absolute atomic E-state index is 0.126. The predicted octanol–water partition coefficient (Wildman–Crippen LogP) is 5.83. The Kier molecular flexibility index (Phi) is 6.14. The van der Waals surface area contributed by atoms with E-state index in [4.69, 9.17) is 4.98 Å². The smallest absolute Gasteiger partial charge is 0.266 e. The standard InChI is InChI=1S/C28H23N3O2S/c1-2-19-14-16-21(17-15-19)31-27(33)23-11-5-6-12-25(23)30-28(31)34-18-26(32)29-24-13-7-9-20-8-3-4-10-22(20)24/h3-17H,2,18H2,1H3,(H,29,32). The highest BCUT2D eigenvalue weighted by atomic mass is 32.2. The molecule has 0 aliphatic carbocycles. The lowest BCUT2D eigenvalue weighted by atomic mass is 10.1. The van der Waals surface area contributed by atoms with Crippen LogP contribution in [0.2, 0.25) is 0 Å². The Labute approximate surface area is 201 Å². The number of amides is 1. The first-order valence-corrected chi connectivity index (χ1v) is 12.1. The van der Waals surface area contributed by atoms with Gasteiger partial charge >= 0.3 is 0 Å². The van der Waals surface area contributed by atoms with E-state index in [1.165, 1.54) is 17.3 Å². The van der Waals surface area contributed by atoms with Crippen molar-refractivity contribution in [2.75, 3.05) is 11.1 Å². The summed E-state index contributed by atoms with van der Waals surface area (Å²) in [4.78, 5) is 31.0. The number of rotatable bonds is 6. The van der Waals surface area contributed by atoms with Crippen molar-refractivity contribution in [3.63, 3.8) is 0 Å². The van der Waals surface area contributed by atoms with Crippen LogP contribution >= 0.6 is 11.8 Å². The first-order chi connectivity index (χ1) is 16.6. The van der Waals surface area contributed by atoms with Gasteiger partial charge in [-0.2, -0.15) is 0 Å². The Hall–Kier alpha value is -3.90. The molecule has 1 N–H and O–H groups in total. The second-order valence-electron chi connectivity index (χ2n) is 7.94. The number of para-hydroxylation sites is 1. The fraction of sp³-hybridized carbons (Fsp3) is 0.107. The van der Waals surface area contributed by atoms with Crippen molar-refractivity contribution in [2.45, 2.75) is 18.5 Å². The maximum atomic E-state index is 13.4. The fourth-order valence-electron chi connectivity index (χ4n) is 3.97. The van der Waals surface area contributed by atoms with Gasteiger partial charge in [0.1, 0.15) is 0 Å². The highest BCUT2D eigenvalue weighted by molar-refractivity contribution is 7.99. The van der Waals surface area contributed by atoms with Crippen LogP contribution in [-0.4, -0.2) is 21.2 Å². The zero-order chi connectivity index (χ0) is 23.5. The van der Waals surface area contributed by atoms with Crippen molar-refractivity contribution in [2.24, 2.45) is 0 Å². The first-order valence-electron chi connectivity index (χ1n) is 11.2. The molecule has 0 saturated carbocycles. The number of nitrogens with zero attached hydrogens (tertiary/aromatic N) is 2. The molecule has 1 heterocycles. The monoisotopic (exact) mass is 465 g/mol. The summed E-state index contributed by atoms with van der Waals surface area (Å²) in [7, 11) is 0. The Morgan fingerprint density at radius 3 is 2.38 bits per heavy atom. The molecule has 5 nitrogen and oxygen atoms in total. The Morgan fingerprint density at radius 1 is 0.882 bits per heavy atom. The zero-order valence-electron chi connectivity index (χ0n) is 18.7. The average Bonchev–Trinajstić information content (AvgIpc) is 2.88. The quantitative estimate of drug-likeness (QED) is 0.253. The number of aromatic nitrogens is 2. The van der Waals surface area contributed by atoms with E-state index >= 15 is 0 Å².